The number of thioether (sulfide) groups is 1. The number of amides is 3. The van der Waals surface area contributed by atoms with Crippen LogP contribution in [0.25, 0.3) is 6.08 Å². The number of imide groups is 1. The van der Waals surface area contributed by atoms with Gasteiger partial charge in [0.2, 0.25) is 5.91 Å². The second-order valence-corrected chi connectivity index (χ2v) is 10.7. The second-order valence-electron chi connectivity index (χ2n) is 9.27. The van der Waals surface area contributed by atoms with E-state index in [1.165, 1.54) is 7.11 Å². The Bertz CT molecular complexity index is 1420. The number of carbonyl (C=O) groups is 3. The van der Waals surface area contributed by atoms with Crippen LogP contribution in [0.1, 0.15) is 11.1 Å². The topological polar surface area (TPSA) is 79.4 Å². The van der Waals surface area contributed by atoms with E-state index >= 15 is 0 Å². The third-order valence-electron chi connectivity index (χ3n) is 6.73. The molecule has 0 bridgehead atoms. The Hall–Kier alpha value is -3.95. The van der Waals surface area contributed by atoms with Crippen molar-refractivity contribution in [1.29, 1.82) is 0 Å². The maximum atomic E-state index is 13.2. The van der Waals surface area contributed by atoms with Gasteiger partial charge >= 0.3 is 0 Å². The van der Waals surface area contributed by atoms with Crippen LogP contribution in [0.15, 0.2) is 77.7 Å². The van der Waals surface area contributed by atoms with Gasteiger partial charge in [0.15, 0.2) is 11.5 Å². The van der Waals surface area contributed by atoms with Crippen molar-refractivity contribution in [2.24, 2.45) is 0 Å². The first-order valence-electron chi connectivity index (χ1n) is 12.8. The molecule has 5 rings (SSSR count). The minimum atomic E-state index is -0.502. The number of halogens is 1. The molecular formula is C30H28ClN3O5S. The number of piperazine rings is 1. The van der Waals surface area contributed by atoms with Gasteiger partial charge in [-0.1, -0.05) is 54.1 Å². The normalized spacial score (nSPS) is 16.6. The third-order valence-corrected chi connectivity index (χ3v) is 7.89. The van der Waals surface area contributed by atoms with E-state index in [0.29, 0.717) is 48.3 Å². The zero-order valence-corrected chi connectivity index (χ0v) is 23.5. The van der Waals surface area contributed by atoms with Gasteiger partial charge in [0, 0.05) is 42.5 Å². The van der Waals surface area contributed by atoms with Crippen LogP contribution in [0.5, 0.6) is 11.5 Å². The number of ether oxygens (including phenoxy) is 2. The lowest BCUT2D eigenvalue weighted by Gasteiger charge is -2.36. The number of anilines is 1. The number of hydrogen-bond acceptors (Lipinski definition) is 7. The summed E-state index contributed by atoms with van der Waals surface area (Å²) in [6, 6.07) is 22.6. The van der Waals surface area contributed by atoms with Crippen molar-refractivity contribution in [3.63, 3.8) is 0 Å². The van der Waals surface area contributed by atoms with Crippen LogP contribution in [-0.2, 0) is 16.2 Å². The minimum absolute atomic E-state index is 0.219. The summed E-state index contributed by atoms with van der Waals surface area (Å²) in [5, 5.41) is 0.157. The fraction of sp³-hybridized carbons (Fsp3) is 0.233. The molecule has 40 heavy (non-hydrogen) atoms. The molecule has 2 saturated heterocycles. The number of carbonyl (C=O) groups excluding carboxylic acids is 3. The highest BCUT2D eigenvalue weighted by molar-refractivity contribution is 8.18. The van der Waals surface area contributed by atoms with Crippen molar-refractivity contribution >= 4 is 52.2 Å². The Labute approximate surface area is 242 Å². The smallest absolute Gasteiger partial charge is 0.294 e. The fourth-order valence-electron chi connectivity index (χ4n) is 4.56. The van der Waals surface area contributed by atoms with Crippen molar-refractivity contribution in [3.8, 4) is 11.5 Å². The summed E-state index contributed by atoms with van der Waals surface area (Å²) in [7, 11) is 1.54. The third kappa shape index (κ3) is 6.26. The Balaban J connectivity index is 1.25. The largest absolute Gasteiger partial charge is 0.493 e. The Morgan fingerprint density at radius 3 is 2.38 bits per heavy atom. The number of hydrogen-bond donors (Lipinski definition) is 0. The summed E-state index contributed by atoms with van der Waals surface area (Å²) in [6.45, 7) is 2.39. The van der Waals surface area contributed by atoms with E-state index in [9.17, 15) is 14.4 Å². The number of rotatable bonds is 8. The summed E-state index contributed by atoms with van der Waals surface area (Å²) >= 11 is 6.79. The van der Waals surface area contributed by atoms with Crippen molar-refractivity contribution in [1.82, 2.24) is 9.80 Å². The standard InChI is InChI=1S/C30H28ClN3O5S/c1-38-25-9-5-6-22(28(25)39-20-21-10-12-23(31)13-11-21)18-26-29(36)34(30(37)40-26)19-27(35)33-16-14-32(15-17-33)24-7-3-2-4-8-24/h2-13,18H,14-17,19-20H2,1H3/b26-18+. The van der Waals surface area contributed by atoms with E-state index in [1.54, 1.807) is 41.3 Å². The number of methoxy groups -OCH3 is 1. The van der Waals surface area contributed by atoms with Crippen molar-refractivity contribution in [2.45, 2.75) is 6.61 Å². The summed E-state index contributed by atoms with van der Waals surface area (Å²) in [5.41, 5.74) is 2.60. The molecule has 0 aliphatic carbocycles. The molecule has 10 heteroatoms. The molecule has 3 amide bonds. The zero-order valence-electron chi connectivity index (χ0n) is 21.9. The molecule has 0 spiro atoms. The lowest BCUT2D eigenvalue weighted by atomic mass is 10.1. The van der Waals surface area contributed by atoms with Gasteiger partial charge in [-0.3, -0.25) is 19.3 Å². The molecule has 8 nitrogen and oxygen atoms in total. The predicted octanol–water partition coefficient (Wildman–Crippen LogP) is 5.31. The lowest BCUT2D eigenvalue weighted by Crippen LogP contribution is -2.51. The summed E-state index contributed by atoms with van der Waals surface area (Å²) in [4.78, 5) is 44.1. The highest BCUT2D eigenvalue weighted by Gasteiger charge is 2.37. The molecule has 206 valence electrons. The maximum absolute atomic E-state index is 13.2. The van der Waals surface area contributed by atoms with Crippen LogP contribution in [0.3, 0.4) is 0 Å². The van der Waals surface area contributed by atoms with Crippen LogP contribution >= 0.6 is 23.4 Å². The average molecular weight is 578 g/mol. The van der Waals surface area contributed by atoms with E-state index < -0.39 is 11.1 Å². The Morgan fingerprint density at radius 1 is 0.950 bits per heavy atom. The average Bonchev–Trinajstić information content (AvgIpc) is 3.24. The van der Waals surface area contributed by atoms with Crippen LogP contribution in [0, 0.1) is 0 Å². The SMILES string of the molecule is COc1cccc(/C=C2/SC(=O)N(CC(=O)N3CCN(c4ccccc4)CC3)C2=O)c1OCc1ccc(Cl)cc1. The van der Waals surface area contributed by atoms with Crippen molar-refractivity contribution < 1.29 is 23.9 Å². The molecule has 0 unspecified atom stereocenters. The number of nitrogens with zero attached hydrogens (tertiary/aromatic N) is 3. The first-order chi connectivity index (χ1) is 19.4. The van der Waals surface area contributed by atoms with Crippen LogP contribution in [0.4, 0.5) is 10.5 Å². The predicted molar refractivity (Wildman–Crippen MR) is 157 cm³/mol. The lowest BCUT2D eigenvalue weighted by molar-refractivity contribution is -0.136. The molecule has 3 aromatic rings. The molecule has 2 aliphatic heterocycles. The van der Waals surface area contributed by atoms with E-state index in [2.05, 4.69) is 4.90 Å². The van der Waals surface area contributed by atoms with Gasteiger partial charge in [0.25, 0.3) is 11.1 Å². The molecule has 0 N–H and O–H groups in total. The van der Waals surface area contributed by atoms with Gasteiger partial charge < -0.3 is 19.3 Å². The molecular weight excluding hydrogens is 550 g/mol. The monoisotopic (exact) mass is 577 g/mol. The Morgan fingerprint density at radius 2 is 1.68 bits per heavy atom. The second kappa shape index (κ2) is 12.5. The summed E-state index contributed by atoms with van der Waals surface area (Å²) in [5.74, 6) is 0.188. The molecule has 3 aromatic carbocycles. The van der Waals surface area contributed by atoms with Crippen molar-refractivity contribution in [2.75, 3.05) is 44.7 Å². The fourth-order valence-corrected chi connectivity index (χ4v) is 5.52. The van der Waals surface area contributed by atoms with Crippen LogP contribution in [0.2, 0.25) is 5.02 Å². The molecule has 2 heterocycles. The first-order valence-corrected chi connectivity index (χ1v) is 14.0. The molecule has 0 saturated carbocycles. The van der Waals surface area contributed by atoms with Gasteiger partial charge in [-0.15, -0.1) is 0 Å². The van der Waals surface area contributed by atoms with Gasteiger partial charge in [-0.05, 0) is 53.7 Å². The molecule has 0 atom stereocenters. The summed E-state index contributed by atoms with van der Waals surface area (Å²) in [6.07, 6.45) is 1.60. The summed E-state index contributed by atoms with van der Waals surface area (Å²) < 4.78 is 11.6. The molecule has 2 fully saturated rings. The van der Waals surface area contributed by atoms with Gasteiger partial charge in [-0.25, -0.2) is 0 Å². The molecule has 2 aliphatic rings. The highest BCUT2D eigenvalue weighted by Crippen LogP contribution is 2.38. The van der Waals surface area contributed by atoms with E-state index in [0.717, 1.165) is 27.9 Å². The maximum Gasteiger partial charge on any atom is 0.294 e. The molecule has 0 radical (unpaired) electrons. The first kappa shape index (κ1) is 27.6. The van der Waals surface area contributed by atoms with E-state index in [4.69, 9.17) is 21.1 Å². The molecule has 0 aromatic heterocycles. The quantitative estimate of drug-likeness (QED) is 0.336. The van der Waals surface area contributed by atoms with E-state index in [-0.39, 0.29) is 24.0 Å². The number of para-hydroxylation sites is 2. The van der Waals surface area contributed by atoms with Gasteiger partial charge in [0.05, 0.1) is 12.0 Å². The van der Waals surface area contributed by atoms with Crippen LogP contribution < -0.4 is 14.4 Å². The van der Waals surface area contributed by atoms with Crippen molar-refractivity contribution in [3.05, 3.63) is 93.9 Å². The van der Waals surface area contributed by atoms with Crippen LogP contribution in [-0.4, -0.2) is 66.7 Å². The zero-order chi connectivity index (χ0) is 28.1. The van der Waals surface area contributed by atoms with Gasteiger partial charge in [0.1, 0.15) is 13.2 Å². The van der Waals surface area contributed by atoms with Gasteiger partial charge in [-0.2, -0.15) is 0 Å². The minimum Gasteiger partial charge on any atom is -0.493 e. The Kier molecular flexibility index (Phi) is 8.62. The highest BCUT2D eigenvalue weighted by atomic mass is 35.5. The van der Waals surface area contributed by atoms with E-state index in [1.807, 2.05) is 42.5 Å². The number of benzene rings is 3.